The zero-order valence-corrected chi connectivity index (χ0v) is 12.3. The highest BCUT2D eigenvalue weighted by atomic mass is 79.9. The molecule has 0 spiro atoms. The molecule has 0 unspecified atom stereocenters. The molecular formula is C9H8BrClN4O2S. The molecule has 0 saturated heterocycles. The van der Waals surface area contributed by atoms with Crippen LogP contribution in [0, 0.1) is 0 Å². The van der Waals surface area contributed by atoms with Crippen molar-refractivity contribution >= 4 is 37.6 Å². The largest absolute Gasteiger partial charge is 0.300 e. The Bertz CT molecular complexity index is 713. The second-order valence-corrected chi connectivity index (χ2v) is 6.26. The van der Waals surface area contributed by atoms with Gasteiger partial charge < -0.3 is 0 Å². The molecular weight excluding hydrogens is 344 g/mol. The Labute approximate surface area is 117 Å². The molecule has 1 heterocycles. The van der Waals surface area contributed by atoms with Gasteiger partial charge in [0.2, 0.25) is 0 Å². The first-order valence-electron chi connectivity index (χ1n) is 4.68. The predicted molar refractivity (Wildman–Crippen MR) is 70.5 cm³/mol. The van der Waals surface area contributed by atoms with Crippen molar-refractivity contribution in [2.75, 3.05) is 0 Å². The predicted octanol–water partition coefficient (Wildman–Crippen LogP) is 1.55. The molecule has 0 aliphatic carbocycles. The molecule has 0 radical (unpaired) electrons. The van der Waals surface area contributed by atoms with Crippen LogP contribution in [-0.4, -0.2) is 23.2 Å². The molecule has 96 valence electrons. The number of aromatic nitrogens is 3. The number of benzene rings is 1. The van der Waals surface area contributed by atoms with E-state index in [1.165, 1.54) is 11.6 Å². The van der Waals surface area contributed by atoms with Crippen LogP contribution in [0.2, 0.25) is 5.02 Å². The van der Waals surface area contributed by atoms with E-state index >= 15 is 0 Å². The summed E-state index contributed by atoms with van der Waals surface area (Å²) in [5, 5.41) is 12.6. The minimum absolute atomic E-state index is 0.295. The Hall–Kier alpha value is -0.960. The number of rotatable bonds is 2. The maximum atomic E-state index is 11.2. The van der Waals surface area contributed by atoms with Gasteiger partial charge in [0.05, 0.1) is 5.02 Å². The Balaban J connectivity index is 2.59. The first-order valence-corrected chi connectivity index (χ1v) is 7.40. The Morgan fingerprint density at radius 2 is 2.06 bits per heavy atom. The van der Waals surface area contributed by atoms with Crippen molar-refractivity contribution in [3.8, 4) is 11.4 Å². The molecule has 2 N–H and O–H groups in total. The summed E-state index contributed by atoms with van der Waals surface area (Å²) in [6.45, 7) is 0. The van der Waals surface area contributed by atoms with Gasteiger partial charge in [-0.05, 0) is 34.1 Å². The van der Waals surface area contributed by atoms with Crippen molar-refractivity contribution in [1.29, 1.82) is 0 Å². The number of hydrogen-bond donors (Lipinski definition) is 1. The normalized spacial score (nSPS) is 11.8. The van der Waals surface area contributed by atoms with Crippen LogP contribution < -0.4 is 5.14 Å². The van der Waals surface area contributed by atoms with Crippen LogP contribution in [0.5, 0.6) is 0 Å². The SMILES string of the molecule is Cn1c(-c2ccc(Br)c(Cl)c2)nnc1S(N)(=O)=O. The summed E-state index contributed by atoms with van der Waals surface area (Å²) < 4.78 is 24.5. The highest BCUT2D eigenvalue weighted by Gasteiger charge is 2.19. The highest BCUT2D eigenvalue weighted by Crippen LogP contribution is 2.28. The lowest BCUT2D eigenvalue weighted by molar-refractivity contribution is 0.580. The highest BCUT2D eigenvalue weighted by molar-refractivity contribution is 9.10. The lowest BCUT2D eigenvalue weighted by Crippen LogP contribution is -2.17. The number of hydrogen-bond acceptors (Lipinski definition) is 4. The van der Waals surface area contributed by atoms with Gasteiger partial charge >= 0.3 is 0 Å². The maximum Gasteiger partial charge on any atom is 0.273 e. The van der Waals surface area contributed by atoms with Crippen LogP contribution in [0.4, 0.5) is 0 Å². The van der Waals surface area contributed by atoms with Crippen molar-refractivity contribution in [2.45, 2.75) is 5.16 Å². The van der Waals surface area contributed by atoms with Gasteiger partial charge in [-0.25, -0.2) is 13.6 Å². The number of sulfonamides is 1. The van der Waals surface area contributed by atoms with Gasteiger partial charge in [-0.3, -0.25) is 4.57 Å². The van der Waals surface area contributed by atoms with E-state index in [2.05, 4.69) is 26.1 Å². The van der Waals surface area contributed by atoms with Gasteiger partial charge in [0.25, 0.3) is 15.2 Å². The first kappa shape index (κ1) is 13.5. The zero-order valence-electron chi connectivity index (χ0n) is 9.13. The van der Waals surface area contributed by atoms with Crippen LogP contribution in [0.25, 0.3) is 11.4 Å². The first-order chi connectivity index (χ1) is 8.30. The number of primary sulfonamides is 1. The fraction of sp³-hybridized carbons (Fsp3) is 0.111. The smallest absolute Gasteiger partial charge is 0.273 e. The van der Waals surface area contributed by atoms with E-state index in [9.17, 15) is 8.42 Å². The average molecular weight is 352 g/mol. The Morgan fingerprint density at radius 3 is 2.56 bits per heavy atom. The lowest BCUT2D eigenvalue weighted by atomic mass is 10.2. The van der Waals surface area contributed by atoms with Crippen LogP contribution in [0.15, 0.2) is 27.8 Å². The molecule has 0 atom stereocenters. The Morgan fingerprint density at radius 1 is 1.39 bits per heavy atom. The summed E-state index contributed by atoms with van der Waals surface area (Å²) in [6, 6.07) is 5.14. The van der Waals surface area contributed by atoms with E-state index in [-0.39, 0.29) is 5.16 Å². The quantitative estimate of drug-likeness (QED) is 0.888. The maximum absolute atomic E-state index is 11.2. The van der Waals surface area contributed by atoms with Crippen molar-refractivity contribution in [2.24, 2.45) is 12.2 Å². The zero-order chi connectivity index (χ0) is 13.5. The fourth-order valence-electron chi connectivity index (χ4n) is 1.45. The molecule has 0 saturated carbocycles. The molecule has 9 heteroatoms. The van der Waals surface area contributed by atoms with Crippen molar-refractivity contribution in [3.05, 3.63) is 27.7 Å². The molecule has 0 fully saturated rings. The summed E-state index contributed by atoms with van der Waals surface area (Å²) in [6.07, 6.45) is 0. The van der Waals surface area contributed by atoms with Crippen molar-refractivity contribution in [3.63, 3.8) is 0 Å². The third kappa shape index (κ3) is 2.41. The van der Waals surface area contributed by atoms with E-state index in [1.807, 2.05) is 0 Å². The molecule has 2 aromatic rings. The van der Waals surface area contributed by atoms with Gasteiger partial charge in [-0.2, -0.15) is 0 Å². The van der Waals surface area contributed by atoms with E-state index < -0.39 is 10.0 Å². The molecule has 1 aromatic heterocycles. The number of nitrogens with zero attached hydrogens (tertiary/aromatic N) is 3. The van der Waals surface area contributed by atoms with Crippen LogP contribution in [-0.2, 0) is 17.1 Å². The lowest BCUT2D eigenvalue weighted by Gasteiger charge is -2.03. The van der Waals surface area contributed by atoms with Gasteiger partial charge in [0.1, 0.15) is 0 Å². The third-order valence-electron chi connectivity index (χ3n) is 2.27. The topological polar surface area (TPSA) is 90.9 Å². The second-order valence-electron chi connectivity index (χ2n) is 3.54. The third-order valence-corrected chi connectivity index (χ3v) is 4.36. The van der Waals surface area contributed by atoms with Gasteiger partial charge in [0, 0.05) is 17.1 Å². The minimum atomic E-state index is -3.89. The standard InChI is InChI=1S/C9H8BrClN4O2S/c1-15-8(13-14-9(15)18(12,16)17)5-2-3-6(10)7(11)4-5/h2-4H,1H3,(H2,12,16,17). The van der Waals surface area contributed by atoms with Gasteiger partial charge in [-0.15, -0.1) is 10.2 Å². The van der Waals surface area contributed by atoms with Crippen molar-refractivity contribution in [1.82, 2.24) is 14.8 Å². The molecule has 2 rings (SSSR count). The summed E-state index contributed by atoms with van der Waals surface area (Å²) in [5.41, 5.74) is 0.646. The molecule has 0 bridgehead atoms. The van der Waals surface area contributed by atoms with Crippen LogP contribution in [0.1, 0.15) is 0 Å². The molecule has 0 aliphatic heterocycles. The van der Waals surface area contributed by atoms with E-state index in [0.717, 1.165) is 4.47 Å². The minimum Gasteiger partial charge on any atom is -0.300 e. The van der Waals surface area contributed by atoms with E-state index in [1.54, 1.807) is 18.2 Å². The monoisotopic (exact) mass is 350 g/mol. The van der Waals surface area contributed by atoms with Crippen molar-refractivity contribution < 1.29 is 8.42 Å². The molecule has 6 nitrogen and oxygen atoms in total. The molecule has 1 aromatic carbocycles. The number of halogens is 2. The fourth-order valence-corrected chi connectivity index (χ4v) is 2.50. The summed E-state index contributed by atoms with van der Waals surface area (Å²) in [4.78, 5) is 0. The van der Waals surface area contributed by atoms with Gasteiger partial charge in [-0.1, -0.05) is 11.6 Å². The van der Waals surface area contributed by atoms with Crippen LogP contribution in [0.3, 0.4) is 0 Å². The summed E-state index contributed by atoms with van der Waals surface area (Å²) in [7, 11) is -2.37. The molecule has 0 aliphatic rings. The Kier molecular flexibility index (Phi) is 3.45. The molecule has 0 amide bonds. The average Bonchev–Trinajstić information content (AvgIpc) is 2.64. The molecule has 18 heavy (non-hydrogen) atoms. The summed E-state index contributed by atoms with van der Waals surface area (Å²) >= 11 is 9.23. The van der Waals surface area contributed by atoms with Crippen LogP contribution >= 0.6 is 27.5 Å². The second kappa shape index (κ2) is 4.61. The number of nitrogens with two attached hydrogens (primary N) is 1. The summed E-state index contributed by atoms with van der Waals surface area (Å²) in [5.74, 6) is 0.369. The van der Waals surface area contributed by atoms with E-state index in [4.69, 9.17) is 16.7 Å². The van der Waals surface area contributed by atoms with E-state index in [0.29, 0.717) is 16.4 Å². The van der Waals surface area contributed by atoms with Gasteiger partial charge in [0.15, 0.2) is 5.82 Å².